The molecule has 2 atom stereocenters. The van der Waals surface area contributed by atoms with Crippen LogP contribution in [-0.2, 0) is 35.7 Å². The van der Waals surface area contributed by atoms with Crippen molar-refractivity contribution < 1.29 is 23.9 Å². The number of carbonyl (C=O) groups excluding carboxylic acids is 3. The average Bonchev–Trinajstić information content (AvgIpc) is 3.71. The number of H-pyrrole nitrogens is 2. The number of methoxy groups -OCH3 is 2. The van der Waals surface area contributed by atoms with Crippen molar-refractivity contribution in [2.45, 2.75) is 84.5 Å². The number of esters is 2. The Labute approximate surface area is 282 Å². The van der Waals surface area contributed by atoms with Gasteiger partial charge in [0.05, 0.1) is 25.6 Å². The Kier molecular flexibility index (Phi) is 9.94. The van der Waals surface area contributed by atoms with Gasteiger partial charge in [0.1, 0.15) is 0 Å². The van der Waals surface area contributed by atoms with Crippen LogP contribution in [0.5, 0.6) is 0 Å². The Hall–Kier alpha value is -4.73. The summed E-state index contributed by atoms with van der Waals surface area (Å²) in [5, 5.41) is 0. The highest BCUT2D eigenvalue weighted by Crippen LogP contribution is 2.47. The average molecular weight is 654 g/mol. The molecule has 0 radical (unpaired) electrons. The first kappa shape index (κ1) is 34.6. The summed E-state index contributed by atoms with van der Waals surface area (Å²) in [6.07, 6.45) is 2.49. The lowest BCUT2D eigenvalue weighted by atomic mass is 9.71. The summed E-state index contributed by atoms with van der Waals surface area (Å²) >= 11 is 0. The molecule has 3 aromatic rings. The predicted octanol–water partition coefficient (Wildman–Crippen LogP) is 6.85. The fourth-order valence-electron chi connectivity index (χ4n) is 7.05. The fourth-order valence-corrected chi connectivity index (χ4v) is 7.05. The van der Waals surface area contributed by atoms with Gasteiger partial charge < -0.3 is 24.3 Å². The Balaban J connectivity index is 1.87. The molecule has 0 unspecified atom stereocenters. The van der Waals surface area contributed by atoms with Gasteiger partial charge in [-0.15, -0.1) is 0 Å². The second kappa shape index (κ2) is 13.8. The van der Waals surface area contributed by atoms with Crippen LogP contribution in [0, 0.1) is 13.8 Å². The normalized spacial score (nSPS) is 17.4. The van der Waals surface area contributed by atoms with Crippen LogP contribution in [0.1, 0.15) is 98.3 Å². The number of nitrogens with one attached hydrogen (secondary N) is 2. The van der Waals surface area contributed by atoms with E-state index >= 15 is 0 Å². The number of hydrogen-bond acceptors (Lipinski definition) is 7. The minimum Gasteiger partial charge on any atom is -0.469 e. The van der Waals surface area contributed by atoms with Crippen molar-refractivity contribution in [1.29, 1.82) is 0 Å². The lowest BCUT2D eigenvalue weighted by molar-refractivity contribution is -0.141. The summed E-state index contributed by atoms with van der Waals surface area (Å²) in [6.45, 7) is 10.4. The second-order valence-electron chi connectivity index (χ2n) is 13.4. The van der Waals surface area contributed by atoms with Gasteiger partial charge in [-0.1, -0.05) is 13.8 Å². The van der Waals surface area contributed by atoms with Crippen LogP contribution < -0.4 is 0 Å². The molecule has 5 heterocycles. The van der Waals surface area contributed by atoms with Gasteiger partial charge in [0, 0.05) is 78.1 Å². The van der Waals surface area contributed by atoms with E-state index in [0.717, 1.165) is 79.1 Å². The van der Waals surface area contributed by atoms with Crippen molar-refractivity contribution in [2.75, 3.05) is 28.3 Å². The van der Waals surface area contributed by atoms with Gasteiger partial charge in [-0.3, -0.25) is 19.4 Å². The quantitative estimate of drug-likeness (QED) is 0.242. The maximum atomic E-state index is 13.3. The van der Waals surface area contributed by atoms with Crippen LogP contribution in [0.3, 0.4) is 0 Å². The van der Waals surface area contributed by atoms with Crippen LogP contribution in [0.15, 0.2) is 30.3 Å². The number of hydrogen-bond donors (Lipinski definition) is 2. The monoisotopic (exact) mass is 653 g/mol. The minimum atomic E-state index is -0.557. The summed E-state index contributed by atoms with van der Waals surface area (Å²) < 4.78 is 9.93. The molecule has 48 heavy (non-hydrogen) atoms. The number of rotatable bonds is 9. The van der Waals surface area contributed by atoms with Gasteiger partial charge in [-0.05, 0) is 98.2 Å². The SMILES string of the molecule is CC[C@H]1c2cc3[nH]c(cc4nc(cc5[nH]c(cc(n2)[C@]1(C)CC(=O)N(C)C)c(C)c5CCC(=O)OC)C(CCC(=O)OC)=C4C)cc3C. The molecule has 0 saturated heterocycles. The van der Waals surface area contributed by atoms with E-state index in [0.29, 0.717) is 19.3 Å². The number of amides is 1. The number of aromatic nitrogens is 4. The molecule has 8 bridgehead atoms. The van der Waals surface area contributed by atoms with E-state index < -0.39 is 5.41 Å². The van der Waals surface area contributed by atoms with Crippen LogP contribution >= 0.6 is 0 Å². The lowest BCUT2D eigenvalue weighted by Gasteiger charge is -2.31. The minimum absolute atomic E-state index is 0.0112. The van der Waals surface area contributed by atoms with Gasteiger partial charge in [0.2, 0.25) is 5.91 Å². The first-order valence-electron chi connectivity index (χ1n) is 16.6. The molecule has 5 rings (SSSR count). The Morgan fingerprint density at radius 3 is 2.19 bits per heavy atom. The van der Waals surface area contributed by atoms with Crippen LogP contribution in [0.4, 0.5) is 0 Å². The Bertz CT molecular complexity index is 1970. The first-order chi connectivity index (χ1) is 22.8. The molecule has 10 heteroatoms. The van der Waals surface area contributed by atoms with Gasteiger partial charge in [0.15, 0.2) is 0 Å². The van der Waals surface area contributed by atoms with E-state index in [9.17, 15) is 14.4 Å². The zero-order chi connectivity index (χ0) is 34.9. The van der Waals surface area contributed by atoms with Crippen molar-refractivity contribution in [2.24, 2.45) is 0 Å². The van der Waals surface area contributed by atoms with Crippen LogP contribution in [0.25, 0.3) is 33.2 Å². The molecule has 0 aromatic carbocycles. The molecular formula is C38H47N5O5. The molecule has 254 valence electrons. The highest BCUT2D eigenvalue weighted by atomic mass is 16.5. The van der Waals surface area contributed by atoms with E-state index in [-0.39, 0.29) is 36.6 Å². The Morgan fingerprint density at radius 1 is 0.854 bits per heavy atom. The third-order valence-corrected chi connectivity index (χ3v) is 10.1. The predicted molar refractivity (Wildman–Crippen MR) is 188 cm³/mol. The van der Waals surface area contributed by atoms with Crippen molar-refractivity contribution in [1.82, 2.24) is 24.8 Å². The number of aryl methyl sites for hydroxylation is 3. The maximum absolute atomic E-state index is 13.3. The molecule has 2 N–H and O–H groups in total. The van der Waals surface area contributed by atoms with E-state index in [1.807, 2.05) is 26.0 Å². The van der Waals surface area contributed by atoms with Crippen molar-refractivity contribution in [3.8, 4) is 0 Å². The molecule has 0 saturated carbocycles. The fraction of sp³-hybridized carbons (Fsp3) is 0.447. The molecular weight excluding hydrogens is 606 g/mol. The number of aromatic amines is 2. The van der Waals surface area contributed by atoms with Crippen molar-refractivity contribution in [3.63, 3.8) is 0 Å². The third kappa shape index (κ3) is 6.66. The summed E-state index contributed by atoms with van der Waals surface area (Å²) in [5.41, 5.74) is 11.3. The molecule has 0 spiro atoms. The molecule has 0 aliphatic carbocycles. The number of ether oxygens (including phenoxy) is 2. The van der Waals surface area contributed by atoms with E-state index in [2.05, 4.69) is 48.9 Å². The Morgan fingerprint density at radius 2 is 1.54 bits per heavy atom. The van der Waals surface area contributed by atoms with E-state index in [1.54, 1.807) is 19.0 Å². The summed E-state index contributed by atoms with van der Waals surface area (Å²) in [7, 11) is 6.36. The zero-order valence-electron chi connectivity index (χ0n) is 29.6. The summed E-state index contributed by atoms with van der Waals surface area (Å²) in [5.74, 6) is -0.524. The molecule has 10 nitrogen and oxygen atoms in total. The van der Waals surface area contributed by atoms with Crippen LogP contribution in [-0.4, -0.2) is 71.0 Å². The van der Waals surface area contributed by atoms with E-state index in [1.165, 1.54) is 14.2 Å². The lowest BCUT2D eigenvalue weighted by Crippen LogP contribution is -2.34. The number of nitrogens with zero attached hydrogens (tertiary/aromatic N) is 3. The number of fused-ring (bicyclic) bond motifs is 8. The van der Waals surface area contributed by atoms with Gasteiger partial charge in [-0.2, -0.15) is 0 Å². The summed E-state index contributed by atoms with van der Waals surface area (Å²) in [6, 6.07) is 10.3. The molecule has 2 aliphatic heterocycles. The standard InChI is InChI=1S/C38H47N5O5/c1-10-27-33-17-28-21(2)15-24(39-28)16-29-22(3)25(11-13-36(45)47-8)31(40-29)18-32-26(12-14-37(46)48-9)23(4)30(41-32)19-34(42-33)38(27,5)20-35(44)43(6)7/h15-19,27,39,41H,10-14,20H2,1-9H3/t27-,38+/m0/s1. The largest absolute Gasteiger partial charge is 0.469 e. The summed E-state index contributed by atoms with van der Waals surface area (Å²) in [4.78, 5) is 56.9. The van der Waals surface area contributed by atoms with Crippen molar-refractivity contribution in [3.05, 3.63) is 69.8 Å². The number of allylic oxidation sites excluding steroid dienone is 2. The smallest absolute Gasteiger partial charge is 0.305 e. The molecule has 1 amide bonds. The zero-order valence-corrected chi connectivity index (χ0v) is 29.6. The highest BCUT2D eigenvalue weighted by molar-refractivity contribution is 5.94. The molecule has 0 fully saturated rings. The van der Waals surface area contributed by atoms with E-state index in [4.69, 9.17) is 19.4 Å². The van der Waals surface area contributed by atoms with Crippen molar-refractivity contribution >= 4 is 51.1 Å². The first-order valence-corrected chi connectivity index (χ1v) is 16.6. The number of carbonyl (C=O) groups is 3. The second-order valence-corrected chi connectivity index (χ2v) is 13.4. The topological polar surface area (TPSA) is 130 Å². The molecule has 2 aliphatic rings. The maximum Gasteiger partial charge on any atom is 0.305 e. The third-order valence-electron chi connectivity index (χ3n) is 10.1. The van der Waals surface area contributed by atoms with Gasteiger partial charge >= 0.3 is 11.9 Å². The molecule has 3 aromatic heterocycles. The van der Waals surface area contributed by atoms with Gasteiger partial charge in [-0.25, -0.2) is 4.98 Å². The van der Waals surface area contributed by atoms with Gasteiger partial charge in [0.25, 0.3) is 0 Å². The highest BCUT2D eigenvalue weighted by Gasteiger charge is 2.44. The van der Waals surface area contributed by atoms with Crippen LogP contribution in [0.2, 0.25) is 0 Å².